The van der Waals surface area contributed by atoms with Gasteiger partial charge in [0.05, 0.1) is 31.9 Å². The third kappa shape index (κ3) is 1.88. The molecule has 0 saturated carbocycles. The van der Waals surface area contributed by atoms with Crippen molar-refractivity contribution in [3.05, 3.63) is 55.9 Å². The Morgan fingerprint density at radius 1 is 1.04 bits per heavy atom. The van der Waals surface area contributed by atoms with Crippen molar-refractivity contribution in [3.63, 3.8) is 0 Å². The fourth-order valence-electron chi connectivity index (χ4n) is 3.37. The summed E-state index contributed by atoms with van der Waals surface area (Å²) in [6.07, 6.45) is 0. The number of alkyl halides is 2. The molecule has 0 fully saturated rings. The number of pyridine rings is 1. The second-order valence-corrected chi connectivity index (χ2v) is 8.69. The summed E-state index contributed by atoms with van der Waals surface area (Å²) < 4.78 is 0. The summed E-state index contributed by atoms with van der Waals surface area (Å²) in [7, 11) is 0. The first-order valence-electron chi connectivity index (χ1n) is 7.56. The van der Waals surface area contributed by atoms with Gasteiger partial charge in [0.15, 0.2) is 15.5 Å². The van der Waals surface area contributed by atoms with Crippen LogP contribution in [0.25, 0.3) is 16.5 Å². The highest BCUT2D eigenvalue weighted by Crippen LogP contribution is 2.68. The fraction of sp³-hybridized carbons (Fsp3) is 0.222. The molecule has 2 aliphatic rings. The first-order valence-corrected chi connectivity index (χ1v) is 9.45. The lowest BCUT2D eigenvalue weighted by Gasteiger charge is -2.44. The number of allylic oxidation sites excluding steroid dienone is 3. The molecule has 0 radical (unpaired) electrons. The van der Waals surface area contributed by atoms with Gasteiger partial charge in [0.25, 0.3) is 0 Å². The van der Waals surface area contributed by atoms with E-state index in [9.17, 15) is 9.90 Å². The van der Waals surface area contributed by atoms with Crippen LogP contribution in [-0.4, -0.2) is 25.6 Å². The fourth-order valence-corrected chi connectivity index (χ4v) is 5.31. The molecular formula is C18H10Cl5NO2. The van der Waals surface area contributed by atoms with Crippen LogP contribution in [0.1, 0.15) is 16.8 Å². The van der Waals surface area contributed by atoms with E-state index in [-0.39, 0.29) is 21.3 Å². The number of carbonyl (C=O) groups excluding carboxylic acids is 1. The molecule has 0 saturated heterocycles. The van der Waals surface area contributed by atoms with E-state index < -0.39 is 21.3 Å². The predicted octanol–water partition coefficient (Wildman–Crippen LogP) is 6.01. The van der Waals surface area contributed by atoms with E-state index in [1.807, 2.05) is 26.0 Å². The summed E-state index contributed by atoms with van der Waals surface area (Å²) in [5.74, 6) is -1.13. The lowest BCUT2D eigenvalue weighted by Crippen LogP contribution is -2.57. The molecule has 0 bridgehead atoms. The predicted molar refractivity (Wildman–Crippen MR) is 107 cm³/mol. The quantitative estimate of drug-likeness (QED) is 0.542. The van der Waals surface area contributed by atoms with Gasteiger partial charge in [-0.2, -0.15) is 0 Å². The highest BCUT2D eigenvalue weighted by molar-refractivity contribution is 6.67. The Kier molecular flexibility index (Phi) is 3.91. The molecule has 134 valence electrons. The van der Waals surface area contributed by atoms with E-state index in [0.29, 0.717) is 10.5 Å². The van der Waals surface area contributed by atoms with Gasteiger partial charge in [-0.15, -0.1) is 23.2 Å². The zero-order chi connectivity index (χ0) is 19.2. The number of aliphatic hydroxyl groups excluding tert-OH is 1. The van der Waals surface area contributed by atoms with Crippen LogP contribution < -0.4 is 0 Å². The van der Waals surface area contributed by atoms with E-state index >= 15 is 0 Å². The van der Waals surface area contributed by atoms with Crippen molar-refractivity contribution >= 4 is 80.3 Å². The maximum absolute atomic E-state index is 13.0. The second kappa shape index (κ2) is 5.52. The summed E-state index contributed by atoms with van der Waals surface area (Å²) in [5, 5.41) is 11.6. The van der Waals surface area contributed by atoms with Crippen LogP contribution in [0.15, 0.2) is 34.0 Å². The first-order chi connectivity index (χ1) is 12.1. The number of Topliss-reactive ketones (excluding diaryl/α,β-unsaturated/α-hetero) is 1. The third-order valence-corrected chi connectivity index (χ3v) is 8.03. The molecule has 0 unspecified atom stereocenters. The van der Waals surface area contributed by atoms with Gasteiger partial charge in [0.2, 0.25) is 0 Å². The number of benzene rings is 1. The largest absolute Gasteiger partial charge is 0.509 e. The average molecular weight is 450 g/mol. The summed E-state index contributed by atoms with van der Waals surface area (Å²) in [6.45, 7) is 3.85. The molecule has 8 heteroatoms. The third-order valence-electron chi connectivity index (χ3n) is 5.09. The van der Waals surface area contributed by atoms with Crippen LogP contribution in [-0.2, 0) is 4.79 Å². The van der Waals surface area contributed by atoms with Crippen molar-refractivity contribution < 1.29 is 9.90 Å². The van der Waals surface area contributed by atoms with Gasteiger partial charge >= 0.3 is 0 Å². The minimum absolute atomic E-state index is 0.0735. The van der Waals surface area contributed by atoms with E-state index in [0.717, 1.165) is 16.5 Å². The molecule has 0 aliphatic heterocycles. The van der Waals surface area contributed by atoms with Gasteiger partial charge in [0.1, 0.15) is 5.76 Å². The average Bonchev–Trinajstić information content (AvgIpc) is 2.75. The molecule has 1 N–H and O–H groups in total. The van der Waals surface area contributed by atoms with E-state index in [2.05, 4.69) is 4.98 Å². The number of aryl methyl sites for hydroxylation is 2. The zero-order valence-electron chi connectivity index (χ0n) is 13.4. The lowest BCUT2D eigenvalue weighted by atomic mass is 9.80. The minimum Gasteiger partial charge on any atom is -0.509 e. The number of rotatable bonds is 1. The lowest BCUT2D eigenvalue weighted by molar-refractivity contribution is -0.115. The molecule has 0 amide bonds. The number of nitrogens with zero attached hydrogens (tertiary/aromatic N) is 1. The van der Waals surface area contributed by atoms with Crippen molar-refractivity contribution in [3.8, 4) is 0 Å². The molecular weight excluding hydrogens is 439 g/mol. The standard InChI is InChI=1S/C18H10Cl5NO2/c1-6-3-4-8-9(19)5-10(24-12(8)7(6)2)11-15(25)17(22)13(20)14(21)18(17,23)16(11)26/h3-5,25H,1-2H3/t17-,18+/m1/s1. The van der Waals surface area contributed by atoms with Gasteiger partial charge in [-0.3, -0.25) is 4.79 Å². The van der Waals surface area contributed by atoms with Crippen molar-refractivity contribution in [2.24, 2.45) is 0 Å². The number of aliphatic hydroxyl groups is 1. The molecule has 0 spiro atoms. The second-order valence-electron chi connectivity index (χ2n) is 6.39. The Morgan fingerprint density at radius 3 is 2.27 bits per heavy atom. The Hall–Kier alpha value is -0.970. The molecule has 4 rings (SSSR count). The van der Waals surface area contributed by atoms with Crippen LogP contribution in [0.4, 0.5) is 0 Å². The first kappa shape index (κ1) is 18.4. The van der Waals surface area contributed by atoms with Crippen LogP contribution >= 0.6 is 58.0 Å². The van der Waals surface area contributed by atoms with Gasteiger partial charge < -0.3 is 5.11 Å². The zero-order valence-corrected chi connectivity index (χ0v) is 17.2. The van der Waals surface area contributed by atoms with E-state index in [4.69, 9.17) is 58.0 Å². The normalized spacial score (nSPS) is 28.0. The highest BCUT2D eigenvalue weighted by atomic mass is 35.5. The number of fused-ring (bicyclic) bond motifs is 2. The number of halogens is 5. The number of hydrogen-bond acceptors (Lipinski definition) is 3. The molecule has 1 aromatic carbocycles. The summed E-state index contributed by atoms with van der Waals surface area (Å²) in [6, 6.07) is 5.29. The Morgan fingerprint density at radius 2 is 1.65 bits per heavy atom. The molecule has 1 aromatic heterocycles. The molecule has 26 heavy (non-hydrogen) atoms. The maximum Gasteiger partial charge on any atom is 0.197 e. The van der Waals surface area contributed by atoms with Gasteiger partial charge in [0, 0.05) is 5.39 Å². The van der Waals surface area contributed by atoms with Crippen molar-refractivity contribution in [1.29, 1.82) is 0 Å². The molecule has 3 nitrogen and oxygen atoms in total. The molecule has 1 heterocycles. The number of aromatic nitrogens is 1. The molecule has 2 aromatic rings. The van der Waals surface area contributed by atoms with Gasteiger partial charge in [-0.1, -0.05) is 46.9 Å². The van der Waals surface area contributed by atoms with Crippen molar-refractivity contribution in [2.45, 2.75) is 23.6 Å². The van der Waals surface area contributed by atoms with Crippen LogP contribution in [0.3, 0.4) is 0 Å². The Labute approximate surface area is 174 Å². The van der Waals surface area contributed by atoms with E-state index in [1.165, 1.54) is 6.07 Å². The number of ketones is 1. The Bertz CT molecular complexity index is 1110. The summed E-state index contributed by atoms with van der Waals surface area (Å²) >= 11 is 31.3. The maximum atomic E-state index is 13.0. The number of carbonyl (C=O) groups is 1. The van der Waals surface area contributed by atoms with Crippen molar-refractivity contribution in [1.82, 2.24) is 4.98 Å². The smallest absolute Gasteiger partial charge is 0.197 e. The van der Waals surface area contributed by atoms with Crippen LogP contribution in [0.2, 0.25) is 5.02 Å². The van der Waals surface area contributed by atoms with Gasteiger partial charge in [-0.05, 0) is 31.0 Å². The summed E-state index contributed by atoms with van der Waals surface area (Å²) in [4.78, 5) is 13.9. The van der Waals surface area contributed by atoms with Crippen LogP contribution in [0, 0.1) is 13.8 Å². The van der Waals surface area contributed by atoms with Crippen molar-refractivity contribution in [2.75, 3.05) is 0 Å². The van der Waals surface area contributed by atoms with Gasteiger partial charge in [-0.25, -0.2) is 4.98 Å². The monoisotopic (exact) mass is 447 g/mol. The van der Waals surface area contributed by atoms with Crippen LogP contribution in [0.5, 0.6) is 0 Å². The molecule has 2 atom stereocenters. The minimum atomic E-state index is -1.84. The highest BCUT2D eigenvalue weighted by Gasteiger charge is 2.75. The molecule has 2 aliphatic carbocycles. The van der Waals surface area contributed by atoms with E-state index in [1.54, 1.807) is 0 Å². The summed E-state index contributed by atoms with van der Waals surface area (Å²) in [5.41, 5.74) is 2.59. The topological polar surface area (TPSA) is 50.2 Å². The Balaban J connectivity index is 2.01. The number of hydrogen-bond donors (Lipinski definition) is 1. The SMILES string of the molecule is Cc1ccc2c(Cl)cc(C3=C(O)[C@]4(Cl)C(Cl)=C(Cl)[C@]4(Cl)C3=O)nc2c1C.